The largest absolute Gasteiger partial charge is 0.468 e. The highest BCUT2D eigenvalue weighted by Crippen LogP contribution is 2.43. The van der Waals surface area contributed by atoms with Crippen molar-refractivity contribution >= 4 is 22.1 Å². The van der Waals surface area contributed by atoms with Crippen molar-refractivity contribution in [3.63, 3.8) is 0 Å². The maximum Gasteiger partial charge on any atom is 0.468 e. The Kier molecular flexibility index (Phi) is 10.5. The summed E-state index contributed by atoms with van der Waals surface area (Å²) in [5.41, 5.74) is 0. The van der Waals surface area contributed by atoms with Crippen molar-refractivity contribution in [2.24, 2.45) is 0 Å². The lowest BCUT2D eigenvalue weighted by molar-refractivity contribution is -0.369. The number of carbonyl (C=O) groups excluding carboxylic acids is 2. The van der Waals surface area contributed by atoms with Crippen LogP contribution in [0.3, 0.4) is 0 Å². The van der Waals surface area contributed by atoms with Crippen LogP contribution in [0.25, 0.3) is 0 Å². The minimum atomic E-state index is -6.68. The molecule has 218 valence electrons. The highest BCUT2D eigenvalue weighted by molar-refractivity contribution is 7.87. The minimum absolute atomic E-state index is 0.153. The van der Waals surface area contributed by atoms with Gasteiger partial charge in [0.1, 0.15) is 0 Å². The quantitative estimate of drug-likeness (QED) is 0.0881. The molecule has 0 heterocycles. The van der Waals surface area contributed by atoms with Crippen LogP contribution >= 0.6 is 0 Å². The van der Waals surface area contributed by atoms with Crippen molar-refractivity contribution < 1.29 is 93.8 Å². The third-order valence-electron chi connectivity index (χ3n) is 3.81. The van der Waals surface area contributed by atoms with Gasteiger partial charge in [-0.2, -0.15) is 65.5 Å². The van der Waals surface area contributed by atoms with Crippen LogP contribution in [0.5, 0.6) is 0 Å². The number of esters is 2. The van der Waals surface area contributed by atoms with Crippen molar-refractivity contribution in [3.8, 4) is 0 Å². The molecule has 1 unspecified atom stereocenters. The second-order valence-electron chi connectivity index (χ2n) is 6.61. The van der Waals surface area contributed by atoms with Gasteiger partial charge >= 0.3 is 57.5 Å². The number of unbranched alkanes of at least 4 members (excludes halogenated alkanes) is 1. The number of halogens is 13. The van der Waals surface area contributed by atoms with Gasteiger partial charge in [0.15, 0.2) is 0 Å². The Morgan fingerprint density at radius 3 is 1.68 bits per heavy atom. The van der Waals surface area contributed by atoms with E-state index in [-0.39, 0.29) is 6.08 Å². The highest BCUT2D eigenvalue weighted by atomic mass is 32.2. The maximum absolute atomic E-state index is 13.5. The molecule has 22 heteroatoms. The molecule has 0 aliphatic rings. The molecule has 0 saturated carbocycles. The van der Waals surface area contributed by atoms with Crippen molar-refractivity contribution in [3.05, 3.63) is 12.7 Å². The molecule has 0 aromatic heterocycles. The van der Waals surface area contributed by atoms with E-state index >= 15 is 0 Å². The first-order chi connectivity index (χ1) is 16.2. The van der Waals surface area contributed by atoms with Crippen LogP contribution in [0.1, 0.15) is 19.3 Å². The fourth-order valence-electron chi connectivity index (χ4n) is 2.07. The molecular weight excluding hydrogens is 587 g/mol. The van der Waals surface area contributed by atoms with E-state index in [2.05, 4.69) is 20.8 Å². The molecule has 1 atom stereocenters. The lowest BCUT2D eigenvalue weighted by Crippen LogP contribution is -2.60. The SMILES string of the molecule is C=CC(=O)OC(OCCCCC(F)(F)C(F)(F)S(=O)(=O)O)(C(=O)OC(C(F)(F)F)C(F)(F)F)C(F)(F)F. The first kappa shape index (κ1) is 34.6. The Bertz CT molecular complexity index is 925. The highest BCUT2D eigenvalue weighted by Gasteiger charge is 2.71. The van der Waals surface area contributed by atoms with Crippen LogP contribution in [-0.4, -0.2) is 73.1 Å². The standard InChI is InChI=1S/C15H13F13O8S/c1-2-7(29)36-11(14(24,25)26,9(30)35-8(12(18,19)20)13(21,22)23)34-6-4-3-5-10(16,17)15(27,28)37(31,32)33/h2,8H,1,3-6H2,(H,31,32,33). The van der Waals surface area contributed by atoms with Gasteiger partial charge in [-0.1, -0.05) is 6.58 Å². The lowest BCUT2D eigenvalue weighted by atomic mass is 10.1. The van der Waals surface area contributed by atoms with E-state index < -0.39 is 89.5 Å². The molecule has 0 aromatic carbocycles. The van der Waals surface area contributed by atoms with E-state index in [4.69, 9.17) is 4.55 Å². The summed E-state index contributed by atoms with van der Waals surface area (Å²) in [6, 6.07) is 0. The zero-order valence-corrected chi connectivity index (χ0v) is 18.1. The zero-order valence-electron chi connectivity index (χ0n) is 17.3. The number of alkyl halides is 13. The molecule has 0 saturated heterocycles. The molecule has 0 fully saturated rings. The fraction of sp³-hybridized carbons (Fsp3) is 0.733. The van der Waals surface area contributed by atoms with Gasteiger partial charge in [0.2, 0.25) is 0 Å². The molecule has 0 aliphatic carbocycles. The average molecular weight is 600 g/mol. The molecule has 0 rings (SSSR count). The molecule has 0 bridgehead atoms. The van der Waals surface area contributed by atoms with E-state index in [0.717, 1.165) is 0 Å². The van der Waals surface area contributed by atoms with Gasteiger partial charge in [0, 0.05) is 12.5 Å². The zero-order chi connectivity index (χ0) is 29.9. The van der Waals surface area contributed by atoms with Crippen molar-refractivity contribution in [1.82, 2.24) is 0 Å². The Morgan fingerprint density at radius 1 is 0.865 bits per heavy atom. The van der Waals surface area contributed by atoms with Crippen molar-refractivity contribution in [2.45, 2.75) is 60.9 Å². The molecule has 0 amide bonds. The van der Waals surface area contributed by atoms with Crippen LogP contribution in [0.4, 0.5) is 57.1 Å². The second kappa shape index (κ2) is 11.2. The van der Waals surface area contributed by atoms with Crippen molar-refractivity contribution in [2.75, 3.05) is 6.61 Å². The van der Waals surface area contributed by atoms with Gasteiger partial charge in [0.25, 0.3) is 6.10 Å². The summed E-state index contributed by atoms with van der Waals surface area (Å²) in [6.07, 6.45) is -29.8. The molecule has 8 nitrogen and oxygen atoms in total. The van der Waals surface area contributed by atoms with Crippen LogP contribution in [0.15, 0.2) is 12.7 Å². The predicted octanol–water partition coefficient (Wildman–Crippen LogP) is 4.31. The normalized spacial score (nSPS) is 15.8. The topological polar surface area (TPSA) is 116 Å². The van der Waals surface area contributed by atoms with E-state index in [9.17, 15) is 75.1 Å². The Morgan fingerprint density at radius 2 is 1.32 bits per heavy atom. The van der Waals surface area contributed by atoms with Gasteiger partial charge in [-0.15, -0.1) is 0 Å². The van der Waals surface area contributed by atoms with Gasteiger partial charge < -0.3 is 14.2 Å². The second-order valence-corrected chi connectivity index (χ2v) is 8.07. The molecule has 0 aliphatic heterocycles. The summed E-state index contributed by atoms with van der Waals surface area (Å²) in [7, 11) is -6.68. The van der Waals surface area contributed by atoms with Gasteiger partial charge in [-0.3, -0.25) is 4.55 Å². The third-order valence-corrected chi connectivity index (χ3v) is 4.76. The summed E-state index contributed by atoms with van der Waals surface area (Å²) in [5.74, 6) is -16.8. The van der Waals surface area contributed by atoms with E-state index in [1.807, 2.05) is 0 Å². The number of rotatable bonds is 12. The molecule has 0 aromatic rings. The Hall–Kier alpha value is -2.36. The number of ether oxygens (including phenoxy) is 3. The average Bonchev–Trinajstić information content (AvgIpc) is 2.66. The van der Waals surface area contributed by atoms with Crippen LogP contribution < -0.4 is 0 Å². The minimum Gasteiger partial charge on any atom is -0.438 e. The maximum atomic E-state index is 13.5. The molecule has 0 radical (unpaired) electrons. The lowest BCUT2D eigenvalue weighted by Gasteiger charge is -2.33. The van der Waals surface area contributed by atoms with Gasteiger partial charge in [0.05, 0.1) is 6.61 Å². The van der Waals surface area contributed by atoms with E-state index in [1.165, 1.54) is 0 Å². The number of hydrogen-bond donors (Lipinski definition) is 1. The monoisotopic (exact) mass is 600 g/mol. The van der Waals surface area contributed by atoms with Crippen LogP contribution in [0, 0.1) is 0 Å². The summed E-state index contributed by atoms with van der Waals surface area (Å²) in [6.45, 7) is 0.761. The molecule has 0 spiro atoms. The summed E-state index contributed by atoms with van der Waals surface area (Å²) < 4.78 is 208. The fourth-order valence-corrected chi connectivity index (χ4v) is 2.55. The smallest absolute Gasteiger partial charge is 0.438 e. The summed E-state index contributed by atoms with van der Waals surface area (Å²) in [5, 5.41) is -6.08. The van der Waals surface area contributed by atoms with E-state index in [0.29, 0.717) is 0 Å². The van der Waals surface area contributed by atoms with Crippen LogP contribution in [0.2, 0.25) is 0 Å². The summed E-state index contributed by atoms with van der Waals surface area (Å²) in [4.78, 5) is 23.1. The molecular formula is C15H13F13O8S. The predicted molar refractivity (Wildman–Crippen MR) is 88.3 cm³/mol. The molecule has 1 N–H and O–H groups in total. The van der Waals surface area contributed by atoms with Gasteiger partial charge in [-0.25, -0.2) is 9.59 Å². The Labute approximate surface area is 197 Å². The summed E-state index contributed by atoms with van der Waals surface area (Å²) >= 11 is 0. The van der Waals surface area contributed by atoms with Crippen molar-refractivity contribution in [1.29, 1.82) is 0 Å². The van der Waals surface area contributed by atoms with Crippen LogP contribution in [-0.2, 0) is 33.9 Å². The number of hydrogen-bond acceptors (Lipinski definition) is 7. The van der Waals surface area contributed by atoms with Gasteiger partial charge in [-0.05, 0) is 12.8 Å². The Balaban J connectivity index is 5.99. The third kappa shape index (κ3) is 8.32. The first-order valence-electron chi connectivity index (χ1n) is 8.80. The first-order valence-corrected chi connectivity index (χ1v) is 10.2. The molecule has 37 heavy (non-hydrogen) atoms. The van der Waals surface area contributed by atoms with E-state index in [1.54, 1.807) is 0 Å². The number of carbonyl (C=O) groups is 2.